The Hall–Kier alpha value is -2.18. The number of likely N-dealkylation sites (N-methyl/N-ethyl adjacent to an activating group) is 1. The van der Waals surface area contributed by atoms with Gasteiger partial charge in [0.25, 0.3) is 5.91 Å². The molecular weight excluding hydrogens is 212 g/mol. The number of nitrogens with zero attached hydrogens (tertiary/aromatic N) is 3. The van der Waals surface area contributed by atoms with Crippen LogP contribution in [0.4, 0.5) is 5.82 Å². The number of hydrogen-bond acceptors (Lipinski definition) is 5. The molecule has 16 heavy (non-hydrogen) atoms. The van der Waals surface area contributed by atoms with Crippen LogP contribution in [0.3, 0.4) is 0 Å². The van der Waals surface area contributed by atoms with E-state index in [9.17, 15) is 9.59 Å². The molecule has 0 radical (unpaired) electrons. The van der Waals surface area contributed by atoms with Gasteiger partial charge in [-0.25, -0.2) is 14.8 Å². The summed E-state index contributed by atoms with van der Waals surface area (Å²) >= 11 is 0. The number of amides is 1. The summed E-state index contributed by atoms with van der Waals surface area (Å²) in [5, 5.41) is 8.76. The van der Waals surface area contributed by atoms with Crippen molar-refractivity contribution in [2.24, 2.45) is 0 Å². The molecule has 1 unspecified atom stereocenters. The van der Waals surface area contributed by atoms with Crippen molar-refractivity contribution < 1.29 is 14.7 Å². The number of anilines is 1. The first kappa shape index (κ1) is 11.9. The van der Waals surface area contributed by atoms with Crippen molar-refractivity contribution in [1.82, 2.24) is 14.9 Å². The van der Waals surface area contributed by atoms with Gasteiger partial charge in [0, 0.05) is 19.4 Å². The Bertz CT molecular complexity index is 421. The van der Waals surface area contributed by atoms with Crippen molar-refractivity contribution in [1.29, 1.82) is 0 Å². The third-order valence-electron chi connectivity index (χ3n) is 2.19. The van der Waals surface area contributed by atoms with E-state index < -0.39 is 17.9 Å². The number of nitrogen functional groups attached to an aromatic ring is 1. The van der Waals surface area contributed by atoms with Gasteiger partial charge in [-0.1, -0.05) is 0 Å². The predicted octanol–water partition coefficient (Wildman–Crippen LogP) is -0.396. The minimum Gasteiger partial charge on any atom is -0.480 e. The number of hydrogen-bond donors (Lipinski definition) is 2. The molecule has 1 rings (SSSR count). The summed E-state index contributed by atoms with van der Waals surface area (Å²) in [7, 11) is 1.37. The SMILES string of the molecule is CC(C(=O)O)N(C)C(=O)c1nccnc1N. The van der Waals surface area contributed by atoms with E-state index in [1.165, 1.54) is 26.4 Å². The summed E-state index contributed by atoms with van der Waals surface area (Å²) < 4.78 is 0. The van der Waals surface area contributed by atoms with E-state index in [4.69, 9.17) is 10.8 Å². The number of aliphatic carboxylic acids is 1. The van der Waals surface area contributed by atoms with Crippen molar-refractivity contribution in [3.05, 3.63) is 18.1 Å². The van der Waals surface area contributed by atoms with Gasteiger partial charge in [-0.3, -0.25) is 4.79 Å². The van der Waals surface area contributed by atoms with E-state index in [2.05, 4.69) is 9.97 Å². The molecule has 0 bridgehead atoms. The average Bonchev–Trinajstić information content (AvgIpc) is 2.26. The molecule has 0 fully saturated rings. The lowest BCUT2D eigenvalue weighted by atomic mass is 10.2. The lowest BCUT2D eigenvalue weighted by Crippen LogP contribution is -2.40. The molecule has 1 aromatic rings. The van der Waals surface area contributed by atoms with E-state index in [-0.39, 0.29) is 11.5 Å². The highest BCUT2D eigenvalue weighted by Gasteiger charge is 2.25. The first-order chi connectivity index (χ1) is 7.45. The molecule has 0 aliphatic rings. The maximum atomic E-state index is 11.8. The van der Waals surface area contributed by atoms with E-state index in [0.717, 1.165) is 4.90 Å². The van der Waals surface area contributed by atoms with Crippen LogP contribution in [0, 0.1) is 0 Å². The van der Waals surface area contributed by atoms with E-state index in [1.807, 2.05) is 0 Å². The molecular formula is C9H12N4O3. The Kier molecular flexibility index (Phi) is 3.39. The fourth-order valence-corrected chi connectivity index (χ4v) is 1.02. The number of carbonyl (C=O) groups excluding carboxylic acids is 1. The quantitative estimate of drug-likeness (QED) is 0.723. The van der Waals surface area contributed by atoms with Crippen molar-refractivity contribution in [2.45, 2.75) is 13.0 Å². The van der Waals surface area contributed by atoms with Gasteiger partial charge >= 0.3 is 5.97 Å². The normalized spacial score (nSPS) is 11.9. The fourth-order valence-electron chi connectivity index (χ4n) is 1.02. The van der Waals surface area contributed by atoms with Gasteiger partial charge < -0.3 is 15.7 Å². The molecule has 0 saturated carbocycles. The zero-order valence-corrected chi connectivity index (χ0v) is 8.91. The van der Waals surface area contributed by atoms with Gasteiger partial charge in [0.1, 0.15) is 6.04 Å². The molecule has 0 aliphatic heterocycles. The first-order valence-electron chi connectivity index (χ1n) is 4.51. The molecule has 0 aromatic carbocycles. The molecule has 7 heteroatoms. The molecule has 86 valence electrons. The van der Waals surface area contributed by atoms with Gasteiger partial charge in [-0.05, 0) is 6.92 Å². The maximum absolute atomic E-state index is 11.8. The second-order valence-corrected chi connectivity index (χ2v) is 3.22. The lowest BCUT2D eigenvalue weighted by Gasteiger charge is -2.21. The summed E-state index contributed by atoms with van der Waals surface area (Å²) in [5.41, 5.74) is 5.42. The summed E-state index contributed by atoms with van der Waals surface area (Å²) in [4.78, 5) is 31.0. The monoisotopic (exact) mass is 224 g/mol. The number of nitrogens with two attached hydrogens (primary N) is 1. The number of carboxylic acids is 1. The van der Waals surface area contributed by atoms with Crippen LogP contribution in [0.25, 0.3) is 0 Å². The molecule has 3 N–H and O–H groups in total. The minimum absolute atomic E-state index is 0.0167. The Morgan fingerprint density at radius 3 is 2.50 bits per heavy atom. The van der Waals surface area contributed by atoms with Crippen LogP contribution in [0.5, 0.6) is 0 Å². The number of rotatable bonds is 3. The van der Waals surface area contributed by atoms with Gasteiger partial charge in [-0.2, -0.15) is 0 Å². The number of aromatic nitrogens is 2. The van der Waals surface area contributed by atoms with Crippen LogP contribution in [0.1, 0.15) is 17.4 Å². The van der Waals surface area contributed by atoms with E-state index in [1.54, 1.807) is 0 Å². The van der Waals surface area contributed by atoms with Gasteiger partial charge in [-0.15, -0.1) is 0 Å². The number of carbonyl (C=O) groups is 2. The zero-order chi connectivity index (χ0) is 12.3. The third kappa shape index (κ3) is 2.25. The fraction of sp³-hybridized carbons (Fsp3) is 0.333. The summed E-state index contributed by atoms with van der Waals surface area (Å²) in [6.45, 7) is 1.40. The molecule has 0 aliphatic carbocycles. The molecule has 1 aromatic heterocycles. The van der Waals surface area contributed by atoms with E-state index in [0.29, 0.717) is 0 Å². The van der Waals surface area contributed by atoms with Crippen LogP contribution >= 0.6 is 0 Å². The van der Waals surface area contributed by atoms with Crippen molar-refractivity contribution in [2.75, 3.05) is 12.8 Å². The first-order valence-corrected chi connectivity index (χ1v) is 4.51. The number of carboxylic acid groups (broad SMARTS) is 1. The highest BCUT2D eigenvalue weighted by molar-refractivity contribution is 5.98. The lowest BCUT2D eigenvalue weighted by molar-refractivity contribution is -0.141. The van der Waals surface area contributed by atoms with Gasteiger partial charge in [0.2, 0.25) is 0 Å². The predicted molar refractivity (Wildman–Crippen MR) is 55.6 cm³/mol. The van der Waals surface area contributed by atoms with Crippen LogP contribution in [-0.2, 0) is 4.79 Å². The Morgan fingerprint density at radius 2 is 2.00 bits per heavy atom. The molecule has 0 saturated heterocycles. The van der Waals surface area contributed by atoms with Gasteiger partial charge in [0.05, 0.1) is 0 Å². The smallest absolute Gasteiger partial charge is 0.326 e. The molecule has 1 amide bonds. The Labute approximate surface area is 91.9 Å². The third-order valence-corrected chi connectivity index (χ3v) is 2.19. The topological polar surface area (TPSA) is 109 Å². The van der Waals surface area contributed by atoms with Crippen molar-refractivity contribution in [3.8, 4) is 0 Å². The summed E-state index contributed by atoms with van der Waals surface area (Å²) in [6, 6.07) is -0.950. The summed E-state index contributed by atoms with van der Waals surface area (Å²) in [5.74, 6) is -1.68. The molecule has 7 nitrogen and oxygen atoms in total. The molecule has 1 heterocycles. The molecule has 0 spiro atoms. The summed E-state index contributed by atoms with van der Waals surface area (Å²) in [6.07, 6.45) is 2.68. The zero-order valence-electron chi connectivity index (χ0n) is 8.91. The van der Waals surface area contributed by atoms with Crippen molar-refractivity contribution in [3.63, 3.8) is 0 Å². The second kappa shape index (κ2) is 4.56. The van der Waals surface area contributed by atoms with E-state index >= 15 is 0 Å². The highest BCUT2D eigenvalue weighted by atomic mass is 16.4. The maximum Gasteiger partial charge on any atom is 0.326 e. The van der Waals surface area contributed by atoms with Crippen LogP contribution in [-0.4, -0.2) is 44.9 Å². The van der Waals surface area contributed by atoms with Gasteiger partial charge in [0.15, 0.2) is 11.5 Å². The largest absolute Gasteiger partial charge is 0.480 e. The Morgan fingerprint density at radius 1 is 1.44 bits per heavy atom. The Balaban J connectivity index is 2.95. The van der Waals surface area contributed by atoms with Crippen LogP contribution < -0.4 is 5.73 Å². The molecule has 1 atom stereocenters. The highest BCUT2D eigenvalue weighted by Crippen LogP contribution is 2.08. The van der Waals surface area contributed by atoms with Crippen LogP contribution in [0.15, 0.2) is 12.4 Å². The standard InChI is InChI=1S/C9H12N4O3/c1-5(9(15)16)13(2)8(14)6-7(10)12-4-3-11-6/h3-5H,1-2H3,(H2,10,12)(H,15,16). The average molecular weight is 224 g/mol. The van der Waals surface area contributed by atoms with Crippen LogP contribution in [0.2, 0.25) is 0 Å². The minimum atomic E-state index is -1.10. The second-order valence-electron chi connectivity index (χ2n) is 3.22. The van der Waals surface area contributed by atoms with Crippen molar-refractivity contribution >= 4 is 17.7 Å².